The second-order valence-corrected chi connectivity index (χ2v) is 7.83. The zero-order valence-corrected chi connectivity index (χ0v) is 12.8. The second-order valence-electron chi connectivity index (χ2n) is 5.89. The predicted octanol–water partition coefficient (Wildman–Crippen LogP) is 2.01. The van der Waals surface area contributed by atoms with Crippen LogP contribution in [0.3, 0.4) is 0 Å². The minimum Gasteiger partial charge on any atom is -0.339 e. The summed E-state index contributed by atoms with van der Waals surface area (Å²) in [5, 5.41) is 3.90. The van der Waals surface area contributed by atoms with Gasteiger partial charge in [0, 0.05) is 25.1 Å². The van der Waals surface area contributed by atoms with Crippen molar-refractivity contribution in [3.63, 3.8) is 0 Å². The van der Waals surface area contributed by atoms with E-state index in [-0.39, 0.29) is 19.0 Å². The summed E-state index contributed by atoms with van der Waals surface area (Å²) in [6, 6.07) is 2.25. The second kappa shape index (κ2) is 5.07. The Bertz CT molecular complexity index is 838. The average Bonchev–Trinajstić information content (AvgIpc) is 3.16. The fourth-order valence-corrected chi connectivity index (χ4v) is 4.11. The fourth-order valence-electron chi connectivity index (χ4n) is 2.54. The molecule has 1 aromatic heterocycles. The van der Waals surface area contributed by atoms with Crippen molar-refractivity contribution in [2.24, 2.45) is 0 Å². The standard InChI is InChI=1S/C14H13F2N3O3S/c15-10-3-11(16)5-12(4-10)23(20,21)19-6-9(7-19)14-17-13(18-22-14)8-1-2-8/h3-5,8-9H,1-2,6-7H2. The molecule has 1 saturated heterocycles. The summed E-state index contributed by atoms with van der Waals surface area (Å²) >= 11 is 0. The van der Waals surface area contributed by atoms with Crippen LogP contribution in [0.15, 0.2) is 27.6 Å². The number of hydrogen-bond donors (Lipinski definition) is 0. The molecule has 0 atom stereocenters. The van der Waals surface area contributed by atoms with Crippen molar-refractivity contribution < 1.29 is 21.7 Å². The monoisotopic (exact) mass is 341 g/mol. The summed E-state index contributed by atoms with van der Waals surface area (Å²) < 4.78 is 57.4. The molecular weight excluding hydrogens is 328 g/mol. The maximum atomic E-state index is 13.2. The van der Waals surface area contributed by atoms with E-state index < -0.39 is 26.6 Å². The molecule has 1 aliphatic carbocycles. The number of halogens is 2. The van der Waals surface area contributed by atoms with Gasteiger partial charge in [-0.25, -0.2) is 17.2 Å². The van der Waals surface area contributed by atoms with E-state index in [1.54, 1.807) is 0 Å². The van der Waals surface area contributed by atoms with Crippen molar-refractivity contribution in [1.29, 1.82) is 0 Å². The number of rotatable bonds is 4. The van der Waals surface area contributed by atoms with Crippen molar-refractivity contribution in [1.82, 2.24) is 14.4 Å². The molecule has 2 fully saturated rings. The Morgan fingerprint density at radius 2 is 1.74 bits per heavy atom. The van der Waals surface area contributed by atoms with Gasteiger partial charge in [-0.05, 0) is 25.0 Å². The van der Waals surface area contributed by atoms with Crippen LogP contribution in [0, 0.1) is 11.6 Å². The minimum absolute atomic E-state index is 0.159. The molecule has 0 unspecified atom stereocenters. The Balaban J connectivity index is 1.49. The van der Waals surface area contributed by atoms with Crippen LogP contribution in [-0.4, -0.2) is 36.0 Å². The molecule has 4 rings (SSSR count). The molecule has 2 aliphatic rings. The van der Waals surface area contributed by atoms with Crippen LogP contribution < -0.4 is 0 Å². The lowest BCUT2D eigenvalue weighted by Crippen LogP contribution is -2.48. The Labute approximate surface area is 131 Å². The van der Waals surface area contributed by atoms with E-state index in [0.717, 1.165) is 29.3 Å². The number of hydrogen-bond acceptors (Lipinski definition) is 5. The molecule has 2 aromatic rings. The molecule has 0 N–H and O–H groups in total. The SMILES string of the molecule is O=S(=O)(c1cc(F)cc(F)c1)N1CC(c2nc(C3CC3)no2)C1. The molecule has 0 spiro atoms. The van der Waals surface area contributed by atoms with E-state index in [0.29, 0.717) is 23.7 Å². The lowest BCUT2D eigenvalue weighted by molar-refractivity contribution is 0.216. The molecule has 122 valence electrons. The molecule has 0 bridgehead atoms. The largest absolute Gasteiger partial charge is 0.339 e. The lowest BCUT2D eigenvalue weighted by Gasteiger charge is -2.35. The van der Waals surface area contributed by atoms with Crippen molar-refractivity contribution in [2.45, 2.75) is 29.6 Å². The number of benzene rings is 1. The quantitative estimate of drug-likeness (QED) is 0.850. The summed E-state index contributed by atoms with van der Waals surface area (Å²) in [5.41, 5.74) is 0. The third-order valence-corrected chi connectivity index (χ3v) is 5.88. The molecule has 23 heavy (non-hydrogen) atoms. The Morgan fingerprint density at radius 1 is 1.09 bits per heavy atom. The highest BCUT2D eigenvalue weighted by Gasteiger charge is 2.41. The molecule has 1 saturated carbocycles. The first-order valence-electron chi connectivity index (χ1n) is 7.23. The van der Waals surface area contributed by atoms with Gasteiger partial charge in [0.2, 0.25) is 15.9 Å². The van der Waals surface area contributed by atoms with Crippen molar-refractivity contribution in [3.05, 3.63) is 41.5 Å². The molecule has 2 heterocycles. The maximum Gasteiger partial charge on any atom is 0.243 e. The fraction of sp³-hybridized carbons (Fsp3) is 0.429. The molecule has 6 nitrogen and oxygen atoms in total. The smallest absolute Gasteiger partial charge is 0.243 e. The van der Waals surface area contributed by atoms with E-state index in [1.165, 1.54) is 0 Å². The van der Waals surface area contributed by atoms with E-state index in [4.69, 9.17) is 4.52 Å². The third-order valence-electron chi connectivity index (χ3n) is 4.07. The van der Waals surface area contributed by atoms with Crippen molar-refractivity contribution in [2.75, 3.05) is 13.1 Å². The summed E-state index contributed by atoms with van der Waals surface area (Å²) in [7, 11) is -3.92. The summed E-state index contributed by atoms with van der Waals surface area (Å²) in [4.78, 5) is 3.90. The topological polar surface area (TPSA) is 76.3 Å². The predicted molar refractivity (Wildman–Crippen MR) is 74.1 cm³/mol. The van der Waals surface area contributed by atoms with Gasteiger partial charge in [-0.2, -0.15) is 9.29 Å². The van der Waals surface area contributed by atoms with E-state index in [1.807, 2.05) is 0 Å². The highest BCUT2D eigenvalue weighted by Crippen LogP contribution is 2.39. The van der Waals surface area contributed by atoms with Crippen LogP contribution in [0.25, 0.3) is 0 Å². The molecule has 1 aliphatic heterocycles. The van der Waals surface area contributed by atoms with E-state index in [9.17, 15) is 17.2 Å². The average molecular weight is 341 g/mol. The van der Waals surface area contributed by atoms with Gasteiger partial charge in [-0.3, -0.25) is 0 Å². The Kier molecular flexibility index (Phi) is 3.24. The first-order chi connectivity index (χ1) is 10.9. The van der Waals surface area contributed by atoms with Crippen LogP contribution in [0.1, 0.15) is 36.4 Å². The number of nitrogens with zero attached hydrogens (tertiary/aromatic N) is 3. The summed E-state index contributed by atoms with van der Waals surface area (Å²) in [6.45, 7) is 0.319. The van der Waals surface area contributed by atoms with E-state index >= 15 is 0 Å². The molecule has 0 radical (unpaired) electrons. The summed E-state index contributed by atoms with van der Waals surface area (Å²) in [5.74, 6) is -0.568. The molecule has 0 amide bonds. The molecular formula is C14H13F2N3O3S. The van der Waals surface area contributed by atoms with Crippen molar-refractivity contribution in [3.8, 4) is 0 Å². The van der Waals surface area contributed by atoms with Crippen molar-refractivity contribution >= 4 is 10.0 Å². The molecule has 1 aromatic carbocycles. The van der Waals surface area contributed by atoms with Crippen LogP contribution in [0.2, 0.25) is 0 Å². The van der Waals surface area contributed by atoms with Gasteiger partial charge in [0.1, 0.15) is 11.6 Å². The molecule has 9 heteroatoms. The normalized spacial score (nSPS) is 19.7. The minimum atomic E-state index is -3.92. The van der Waals surface area contributed by atoms with Crippen LogP contribution >= 0.6 is 0 Å². The summed E-state index contributed by atoms with van der Waals surface area (Å²) in [6.07, 6.45) is 2.10. The van der Waals surface area contributed by atoms with Gasteiger partial charge in [-0.1, -0.05) is 5.16 Å². The van der Waals surface area contributed by atoms with Gasteiger partial charge in [-0.15, -0.1) is 0 Å². The highest BCUT2D eigenvalue weighted by atomic mass is 32.2. The number of aromatic nitrogens is 2. The first-order valence-corrected chi connectivity index (χ1v) is 8.67. The lowest BCUT2D eigenvalue weighted by atomic mass is 10.0. The van der Waals surface area contributed by atoms with Crippen LogP contribution in [0.5, 0.6) is 0 Å². The Morgan fingerprint density at radius 3 is 2.35 bits per heavy atom. The van der Waals surface area contributed by atoms with Gasteiger partial charge in [0.15, 0.2) is 5.82 Å². The number of sulfonamides is 1. The van der Waals surface area contributed by atoms with Crippen LogP contribution in [-0.2, 0) is 10.0 Å². The van der Waals surface area contributed by atoms with Gasteiger partial charge < -0.3 is 4.52 Å². The maximum absolute atomic E-state index is 13.2. The highest BCUT2D eigenvalue weighted by molar-refractivity contribution is 7.89. The van der Waals surface area contributed by atoms with Gasteiger partial charge in [0.05, 0.1) is 10.8 Å². The first kappa shape index (κ1) is 14.7. The van der Waals surface area contributed by atoms with Gasteiger partial charge >= 0.3 is 0 Å². The third kappa shape index (κ3) is 2.63. The zero-order valence-electron chi connectivity index (χ0n) is 11.9. The zero-order chi connectivity index (χ0) is 16.2. The Hall–Kier alpha value is -1.87. The van der Waals surface area contributed by atoms with E-state index in [2.05, 4.69) is 10.1 Å². The van der Waals surface area contributed by atoms with Gasteiger partial charge in [0.25, 0.3) is 0 Å². The van der Waals surface area contributed by atoms with Crippen LogP contribution in [0.4, 0.5) is 8.78 Å².